The largest absolute Gasteiger partial charge is 0.298 e. The van der Waals surface area contributed by atoms with Crippen LogP contribution in [0.3, 0.4) is 0 Å². The van der Waals surface area contributed by atoms with E-state index in [0.717, 1.165) is 17.7 Å². The molecule has 0 aliphatic carbocycles. The fourth-order valence-electron chi connectivity index (χ4n) is 2.16. The van der Waals surface area contributed by atoms with Crippen molar-refractivity contribution in [1.82, 2.24) is 9.78 Å². The summed E-state index contributed by atoms with van der Waals surface area (Å²) < 4.78 is 2.32. The standard InChI is InChI=1S/C15H19BrN2O/c1-10(2)7-13-14(16)15(19)18(17-13)9-12-6-4-5-11(3)8-12/h4-6,8,10,17H,7,9H2,1-3H3. The fourth-order valence-corrected chi connectivity index (χ4v) is 2.62. The number of aryl methyl sites for hydroxylation is 1. The Bertz CT molecular complexity index is 625. The molecule has 0 saturated carbocycles. The van der Waals surface area contributed by atoms with Crippen molar-refractivity contribution in [3.63, 3.8) is 0 Å². The Morgan fingerprint density at radius 1 is 1.37 bits per heavy atom. The first-order valence-electron chi connectivity index (χ1n) is 6.50. The maximum absolute atomic E-state index is 12.1. The lowest BCUT2D eigenvalue weighted by molar-refractivity contribution is 0.602. The summed E-state index contributed by atoms with van der Waals surface area (Å²) in [6.07, 6.45) is 0.872. The summed E-state index contributed by atoms with van der Waals surface area (Å²) >= 11 is 3.39. The molecule has 0 aliphatic rings. The van der Waals surface area contributed by atoms with Crippen molar-refractivity contribution < 1.29 is 0 Å². The molecule has 1 N–H and O–H groups in total. The highest BCUT2D eigenvalue weighted by Gasteiger charge is 2.12. The molecular formula is C15H19BrN2O. The molecule has 0 amide bonds. The normalized spacial score (nSPS) is 11.2. The second kappa shape index (κ2) is 5.78. The Hall–Kier alpha value is -1.29. The topological polar surface area (TPSA) is 37.8 Å². The molecular weight excluding hydrogens is 304 g/mol. The van der Waals surface area contributed by atoms with Crippen LogP contribution < -0.4 is 5.56 Å². The van der Waals surface area contributed by atoms with Gasteiger partial charge in [0.05, 0.1) is 12.2 Å². The van der Waals surface area contributed by atoms with Crippen molar-refractivity contribution in [2.75, 3.05) is 0 Å². The minimum absolute atomic E-state index is 0.0113. The average molecular weight is 323 g/mol. The second-order valence-corrected chi connectivity index (χ2v) is 6.18. The van der Waals surface area contributed by atoms with E-state index in [1.54, 1.807) is 4.68 Å². The fraction of sp³-hybridized carbons (Fsp3) is 0.400. The Morgan fingerprint density at radius 2 is 2.11 bits per heavy atom. The molecule has 19 heavy (non-hydrogen) atoms. The summed E-state index contributed by atoms with van der Waals surface area (Å²) in [5.74, 6) is 0.516. The monoisotopic (exact) mass is 322 g/mol. The zero-order chi connectivity index (χ0) is 14.0. The molecule has 0 fully saturated rings. The van der Waals surface area contributed by atoms with Gasteiger partial charge in [-0.15, -0.1) is 0 Å². The van der Waals surface area contributed by atoms with E-state index in [1.807, 2.05) is 12.1 Å². The smallest absolute Gasteiger partial charge is 0.281 e. The number of rotatable bonds is 4. The van der Waals surface area contributed by atoms with Gasteiger partial charge in [-0.2, -0.15) is 0 Å². The van der Waals surface area contributed by atoms with Crippen LogP contribution in [0.15, 0.2) is 33.5 Å². The van der Waals surface area contributed by atoms with Gasteiger partial charge in [0.1, 0.15) is 4.47 Å². The molecule has 102 valence electrons. The highest BCUT2D eigenvalue weighted by atomic mass is 79.9. The summed E-state index contributed by atoms with van der Waals surface area (Å²) in [4.78, 5) is 12.1. The number of aromatic amines is 1. The summed E-state index contributed by atoms with van der Waals surface area (Å²) in [7, 11) is 0. The first kappa shape index (κ1) is 14.1. The highest BCUT2D eigenvalue weighted by molar-refractivity contribution is 9.10. The Morgan fingerprint density at radius 3 is 2.74 bits per heavy atom. The highest BCUT2D eigenvalue weighted by Crippen LogP contribution is 2.15. The lowest BCUT2D eigenvalue weighted by Gasteiger charge is -2.04. The molecule has 1 aromatic carbocycles. The van der Waals surface area contributed by atoms with E-state index in [9.17, 15) is 4.79 Å². The molecule has 0 atom stereocenters. The summed E-state index contributed by atoms with van der Waals surface area (Å²) in [6.45, 7) is 6.92. The minimum atomic E-state index is 0.0113. The molecule has 0 radical (unpaired) electrons. The number of aromatic nitrogens is 2. The Kier molecular flexibility index (Phi) is 4.30. The second-order valence-electron chi connectivity index (χ2n) is 5.38. The molecule has 2 aromatic rings. The van der Waals surface area contributed by atoms with Crippen LogP contribution in [0.1, 0.15) is 30.7 Å². The van der Waals surface area contributed by atoms with E-state index < -0.39 is 0 Å². The lowest BCUT2D eigenvalue weighted by Crippen LogP contribution is -2.17. The van der Waals surface area contributed by atoms with Gasteiger partial charge < -0.3 is 0 Å². The van der Waals surface area contributed by atoms with Crippen LogP contribution in [-0.4, -0.2) is 9.78 Å². The summed E-state index contributed by atoms with van der Waals surface area (Å²) in [6, 6.07) is 8.21. The van der Waals surface area contributed by atoms with E-state index in [2.05, 4.69) is 53.9 Å². The molecule has 2 rings (SSSR count). The van der Waals surface area contributed by atoms with E-state index in [4.69, 9.17) is 0 Å². The molecule has 0 bridgehead atoms. The van der Waals surface area contributed by atoms with Gasteiger partial charge in [-0.25, -0.2) is 4.68 Å². The van der Waals surface area contributed by atoms with Crippen LogP contribution in [-0.2, 0) is 13.0 Å². The molecule has 4 heteroatoms. The van der Waals surface area contributed by atoms with Crippen LogP contribution in [0, 0.1) is 12.8 Å². The number of nitrogens with one attached hydrogen (secondary N) is 1. The maximum Gasteiger partial charge on any atom is 0.281 e. The van der Waals surface area contributed by atoms with Crippen LogP contribution in [0.5, 0.6) is 0 Å². The van der Waals surface area contributed by atoms with Crippen LogP contribution >= 0.6 is 15.9 Å². The molecule has 0 unspecified atom stereocenters. The third-order valence-electron chi connectivity index (χ3n) is 3.00. The SMILES string of the molecule is Cc1cccc(Cn2[nH]c(CC(C)C)c(Br)c2=O)c1. The van der Waals surface area contributed by atoms with E-state index in [1.165, 1.54) is 5.56 Å². The van der Waals surface area contributed by atoms with Gasteiger partial charge >= 0.3 is 0 Å². The van der Waals surface area contributed by atoms with Crippen molar-refractivity contribution in [3.8, 4) is 0 Å². The zero-order valence-corrected chi connectivity index (χ0v) is 13.1. The van der Waals surface area contributed by atoms with Gasteiger partial charge in [-0.1, -0.05) is 43.7 Å². The number of H-pyrrole nitrogens is 1. The summed E-state index contributed by atoms with van der Waals surface area (Å²) in [5, 5.41) is 3.21. The number of hydrogen-bond acceptors (Lipinski definition) is 1. The zero-order valence-electron chi connectivity index (χ0n) is 11.5. The first-order chi connectivity index (χ1) is 8.97. The van der Waals surface area contributed by atoms with Crippen LogP contribution in [0.2, 0.25) is 0 Å². The van der Waals surface area contributed by atoms with Crippen LogP contribution in [0.4, 0.5) is 0 Å². The number of halogens is 1. The van der Waals surface area contributed by atoms with Crippen molar-refractivity contribution in [2.24, 2.45) is 5.92 Å². The van der Waals surface area contributed by atoms with Crippen LogP contribution in [0.25, 0.3) is 0 Å². The number of hydrogen-bond donors (Lipinski definition) is 1. The van der Waals surface area contributed by atoms with E-state index in [0.29, 0.717) is 16.9 Å². The molecule has 0 saturated heterocycles. The van der Waals surface area contributed by atoms with Crippen molar-refractivity contribution in [3.05, 3.63) is 55.9 Å². The Labute approximate surface area is 121 Å². The third-order valence-corrected chi connectivity index (χ3v) is 3.82. The lowest BCUT2D eigenvalue weighted by atomic mass is 10.1. The average Bonchev–Trinajstić information content (AvgIpc) is 2.57. The molecule has 1 heterocycles. The van der Waals surface area contributed by atoms with Crippen molar-refractivity contribution >= 4 is 15.9 Å². The van der Waals surface area contributed by atoms with Gasteiger partial charge in [-0.3, -0.25) is 9.89 Å². The Balaban J connectivity index is 2.28. The first-order valence-corrected chi connectivity index (χ1v) is 7.29. The minimum Gasteiger partial charge on any atom is -0.298 e. The predicted octanol–water partition coefficient (Wildman–Crippen LogP) is 3.49. The molecule has 3 nitrogen and oxygen atoms in total. The van der Waals surface area contributed by atoms with Gasteiger partial charge in [0.15, 0.2) is 0 Å². The van der Waals surface area contributed by atoms with Crippen molar-refractivity contribution in [2.45, 2.75) is 33.7 Å². The molecule has 0 spiro atoms. The van der Waals surface area contributed by atoms with Gasteiger partial charge in [-0.05, 0) is 40.8 Å². The molecule has 1 aromatic heterocycles. The van der Waals surface area contributed by atoms with Gasteiger partial charge in [0, 0.05) is 0 Å². The number of nitrogens with zero attached hydrogens (tertiary/aromatic N) is 1. The predicted molar refractivity (Wildman–Crippen MR) is 81.6 cm³/mol. The van der Waals surface area contributed by atoms with E-state index >= 15 is 0 Å². The third kappa shape index (κ3) is 3.38. The number of benzene rings is 1. The van der Waals surface area contributed by atoms with Gasteiger partial charge in [0.2, 0.25) is 0 Å². The van der Waals surface area contributed by atoms with Gasteiger partial charge in [0.25, 0.3) is 5.56 Å². The van der Waals surface area contributed by atoms with Crippen molar-refractivity contribution in [1.29, 1.82) is 0 Å². The molecule has 0 aliphatic heterocycles. The maximum atomic E-state index is 12.1. The summed E-state index contributed by atoms with van der Waals surface area (Å²) in [5.41, 5.74) is 3.33. The van der Waals surface area contributed by atoms with E-state index in [-0.39, 0.29) is 5.56 Å². The quantitative estimate of drug-likeness (QED) is 0.919.